The van der Waals surface area contributed by atoms with Crippen LogP contribution in [0.3, 0.4) is 0 Å². The lowest BCUT2D eigenvalue weighted by Gasteiger charge is -2.53. The summed E-state index contributed by atoms with van der Waals surface area (Å²) in [7, 11) is 0. The minimum Gasteiger partial charge on any atom is -0.485 e. The first-order chi connectivity index (χ1) is 13.1. The van der Waals surface area contributed by atoms with E-state index < -0.39 is 11.2 Å². The number of ether oxygens (including phenoxy) is 1. The van der Waals surface area contributed by atoms with Crippen LogP contribution < -0.4 is 4.74 Å². The molecule has 1 heterocycles. The maximum atomic E-state index is 12.1. The molecule has 0 bridgehead atoms. The monoisotopic (exact) mass is 450 g/mol. The number of carbonyl (C=O) groups excluding carboxylic acids is 1. The molecule has 1 saturated carbocycles. The molecule has 3 nitrogen and oxygen atoms in total. The van der Waals surface area contributed by atoms with Crippen molar-refractivity contribution in [2.75, 3.05) is 5.33 Å². The summed E-state index contributed by atoms with van der Waals surface area (Å²) < 4.78 is 6.35. The molecule has 156 valence electrons. The molecular weight excluding hydrogens is 416 g/mol. The van der Waals surface area contributed by atoms with Crippen molar-refractivity contribution in [3.8, 4) is 5.75 Å². The number of rotatable bonds is 7. The van der Waals surface area contributed by atoms with Gasteiger partial charge in [0.1, 0.15) is 22.7 Å². The fourth-order valence-electron chi connectivity index (χ4n) is 4.94. The SMILES string of the molecule is CC(C)(CCCCCCBr)c1ccc2c(c1)OC(C)(C)C1(O)CCC(=O)CC21. The quantitative estimate of drug-likeness (QED) is 0.406. The Morgan fingerprint density at radius 1 is 1.21 bits per heavy atom. The highest BCUT2D eigenvalue weighted by Crippen LogP contribution is 2.54. The predicted octanol–water partition coefficient (Wildman–Crippen LogP) is 6.05. The number of ketones is 1. The number of halogens is 1. The van der Waals surface area contributed by atoms with Gasteiger partial charge in [-0.05, 0) is 50.2 Å². The van der Waals surface area contributed by atoms with Crippen molar-refractivity contribution in [3.05, 3.63) is 29.3 Å². The highest BCUT2D eigenvalue weighted by molar-refractivity contribution is 9.09. The van der Waals surface area contributed by atoms with E-state index in [4.69, 9.17) is 4.74 Å². The number of unbranched alkanes of at least 4 members (excludes halogenated alkanes) is 3. The van der Waals surface area contributed by atoms with Gasteiger partial charge in [0.25, 0.3) is 0 Å². The first-order valence-electron chi connectivity index (χ1n) is 10.7. The zero-order valence-corrected chi connectivity index (χ0v) is 19.4. The molecule has 1 aromatic carbocycles. The van der Waals surface area contributed by atoms with Gasteiger partial charge in [-0.1, -0.05) is 61.2 Å². The van der Waals surface area contributed by atoms with E-state index in [9.17, 15) is 9.90 Å². The minimum absolute atomic E-state index is 0.0765. The predicted molar refractivity (Wildman–Crippen MR) is 118 cm³/mol. The van der Waals surface area contributed by atoms with Gasteiger partial charge in [0.15, 0.2) is 0 Å². The van der Waals surface area contributed by atoms with Crippen LogP contribution in [0.5, 0.6) is 5.75 Å². The standard InChI is InChI=1S/C24H35BrO3/c1-22(2,12-7-5-6-8-14-25)17-9-10-19-20-16-18(26)11-13-24(20,27)23(3,4)28-21(19)15-17/h9-10,15,20,27H,5-8,11-14,16H2,1-4H3. The van der Waals surface area contributed by atoms with Crippen molar-refractivity contribution < 1.29 is 14.6 Å². The summed E-state index contributed by atoms with van der Waals surface area (Å²) in [5, 5.41) is 12.5. The van der Waals surface area contributed by atoms with Crippen LogP contribution in [0.15, 0.2) is 18.2 Å². The van der Waals surface area contributed by atoms with Crippen molar-refractivity contribution in [1.29, 1.82) is 0 Å². The average molecular weight is 451 g/mol. The van der Waals surface area contributed by atoms with Gasteiger partial charge in [-0.15, -0.1) is 0 Å². The Bertz CT molecular complexity index is 725. The number of benzene rings is 1. The fourth-order valence-corrected chi connectivity index (χ4v) is 5.34. The summed E-state index contributed by atoms with van der Waals surface area (Å²) in [4.78, 5) is 12.1. The summed E-state index contributed by atoms with van der Waals surface area (Å²) in [6.45, 7) is 8.52. The topological polar surface area (TPSA) is 46.5 Å². The molecule has 0 spiro atoms. The molecule has 1 aromatic rings. The normalized spacial score (nSPS) is 26.4. The lowest BCUT2D eigenvalue weighted by molar-refractivity contribution is -0.166. The Kier molecular flexibility index (Phi) is 6.32. The summed E-state index contributed by atoms with van der Waals surface area (Å²) in [5.41, 5.74) is 0.652. The summed E-state index contributed by atoms with van der Waals surface area (Å²) >= 11 is 3.50. The maximum Gasteiger partial charge on any atom is 0.133 e. The second-order valence-electron chi connectivity index (χ2n) is 9.82. The molecule has 0 radical (unpaired) electrons. The van der Waals surface area contributed by atoms with E-state index >= 15 is 0 Å². The second kappa shape index (κ2) is 8.10. The number of aliphatic hydroxyl groups is 1. The number of fused-ring (bicyclic) bond motifs is 3. The van der Waals surface area contributed by atoms with E-state index in [1.54, 1.807) is 0 Å². The van der Waals surface area contributed by atoms with Gasteiger partial charge in [-0.3, -0.25) is 4.79 Å². The van der Waals surface area contributed by atoms with E-state index in [-0.39, 0.29) is 17.1 Å². The largest absolute Gasteiger partial charge is 0.485 e. The van der Waals surface area contributed by atoms with Crippen LogP contribution in [0, 0.1) is 0 Å². The third-order valence-corrected chi connectivity index (χ3v) is 7.62. The lowest BCUT2D eigenvalue weighted by atomic mass is 9.62. The number of Topliss-reactive ketones (excluding diaryl/α,β-unsaturated/α-hetero) is 1. The molecule has 2 atom stereocenters. The van der Waals surface area contributed by atoms with Gasteiger partial charge in [0.2, 0.25) is 0 Å². The minimum atomic E-state index is -0.986. The Labute approximate surface area is 178 Å². The molecule has 1 aliphatic heterocycles. The first-order valence-corrected chi connectivity index (χ1v) is 11.9. The van der Waals surface area contributed by atoms with Crippen LogP contribution in [-0.2, 0) is 10.2 Å². The maximum absolute atomic E-state index is 12.1. The molecule has 2 unspecified atom stereocenters. The van der Waals surface area contributed by atoms with Crippen LogP contribution in [0.1, 0.15) is 96.1 Å². The van der Waals surface area contributed by atoms with Crippen LogP contribution >= 0.6 is 15.9 Å². The van der Waals surface area contributed by atoms with Gasteiger partial charge >= 0.3 is 0 Å². The third-order valence-electron chi connectivity index (χ3n) is 7.06. The Hall–Kier alpha value is -0.870. The molecule has 3 rings (SSSR count). The van der Waals surface area contributed by atoms with E-state index in [0.717, 1.165) is 23.1 Å². The molecule has 1 aliphatic carbocycles. The van der Waals surface area contributed by atoms with E-state index in [1.165, 1.54) is 31.2 Å². The highest BCUT2D eigenvalue weighted by atomic mass is 79.9. The molecule has 1 fully saturated rings. The fraction of sp³-hybridized carbons (Fsp3) is 0.708. The van der Waals surface area contributed by atoms with Gasteiger partial charge < -0.3 is 9.84 Å². The van der Waals surface area contributed by atoms with E-state index in [0.29, 0.717) is 19.3 Å². The highest BCUT2D eigenvalue weighted by Gasteiger charge is 2.57. The molecule has 0 aromatic heterocycles. The van der Waals surface area contributed by atoms with Crippen LogP contribution in [0.2, 0.25) is 0 Å². The number of carbonyl (C=O) groups is 1. The Morgan fingerprint density at radius 2 is 1.93 bits per heavy atom. The van der Waals surface area contributed by atoms with Gasteiger partial charge in [0, 0.05) is 29.7 Å². The van der Waals surface area contributed by atoms with Crippen molar-refractivity contribution >= 4 is 21.7 Å². The molecule has 1 N–H and O–H groups in total. The summed E-state index contributed by atoms with van der Waals surface area (Å²) in [6, 6.07) is 6.44. The molecule has 2 aliphatic rings. The molecule has 0 amide bonds. The summed E-state index contributed by atoms with van der Waals surface area (Å²) in [6.07, 6.45) is 7.47. The van der Waals surface area contributed by atoms with Crippen LogP contribution in [0.4, 0.5) is 0 Å². The van der Waals surface area contributed by atoms with Crippen molar-refractivity contribution in [2.24, 2.45) is 0 Å². The number of hydrogen-bond donors (Lipinski definition) is 1. The lowest BCUT2D eigenvalue weighted by Crippen LogP contribution is -2.62. The smallest absolute Gasteiger partial charge is 0.133 e. The number of hydrogen-bond acceptors (Lipinski definition) is 3. The van der Waals surface area contributed by atoms with Gasteiger partial charge in [0.05, 0.1) is 0 Å². The van der Waals surface area contributed by atoms with E-state index in [1.807, 2.05) is 13.8 Å². The van der Waals surface area contributed by atoms with Crippen LogP contribution in [-0.4, -0.2) is 27.4 Å². The van der Waals surface area contributed by atoms with Crippen LogP contribution in [0.25, 0.3) is 0 Å². The molecule has 28 heavy (non-hydrogen) atoms. The average Bonchev–Trinajstić information content (AvgIpc) is 2.62. The van der Waals surface area contributed by atoms with Crippen molar-refractivity contribution in [3.63, 3.8) is 0 Å². The van der Waals surface area contributed by atoms with Crippen molar-refractivity contribution in [1.82, 2.24) is 0 Å². The Morgan fingerprint density at radius 3 is 2.64 bits per heavy atom. The number of alkyl halides is 1. The van der Waals surface area contributed by atoms with Gasteiger partial charge in [-0.25, -0.2) is 0 Å². The molecule has 0 saturated heterocycles. The second-order valence-corrected chi connectivity index (χ2v) is 10.6. The molecular formula is C24H35BrO3. The zero-order valence-electron chi connectivity index (χ0n) is 17.8. The first kappa shape index (κ1) is 21.8. The molecule has 4 heteroatoms. The Balaban J connectivity index is 1.84. The van der Waals surface area contributed by atoms with Crippen molar-refractivity contribution in [2.45, 2.75) is 102 Å². The third kappa shape index (κ3) is 4.05. The van der Waals surface area contributed by atoms with Gasteiger partial charge in [-0.2, -0.15) is 0 Å². The summed E-state index contributed by atoms with van der Waals surface area (Å²) in [5.74, 6) is 0.916. The van der Waals surface area contributed by atoms with E-state index in [2.05, 4.69) is 48.0 Å². The zero-order chi connectivity index (χ0) is 20.6.